The van der Waals surface area contributed by atoms with Crippen LogP contribution < -0.4 is 4.90 Å². The molecule has 25 heavy (non-hydrogen) atoms. The summed E-state index contributed by atoms with van der Waals surface area (Å²) >= 11 is 3.53. The number of hydrogen-bond donors (Lipinski definition) is 0. The number of benzene rings is 1. The van der Waals surface area contributed by atoms with E-state index < -0.39 is 0 Å². The molecule has 4 rings (SSSR count). The third kappa shape index (κ3) is 3.64. The number of thioether (sulfide) groups is 1. The van der Waals surface area contributed by atoms with Crippen molar-refractivity contribution >= 4 is 44.4 Å². The van der Waals surface area contributed by atoms with Crippen molar-refractivity contribution in [1.29, 1.82) is 0 Å². The number of aromatic nitrogens is 1. The molecule has 1 amide bonds. The first-order chi connectivity index (χ1) is 12.2. The molecule has 134 valence electrons. The van der Waals surface area contributed by atoms with Gasteiger partial charge in [-0.15, -0.1) is 11.8 Å². The third-order valence-electron chi connectivity index (χ3n) is 5.05. The first kappa shape index (κ1) is 17.1. The largest absolute Gasteiger partial charge is 0.345 e. The van der Waals surface area contributed by atoms with E-state index in [9.17, 15) is 4.79 Å². The Morgan fingerprint density at radius 2 is 1.92 bits per heavy atom. The number of piperazine rings is 1. The molecule has 7 heteroatoms. The molecule has 0 aliphatic carbocycles. The topological polar surface area (TPSA) is 39.7 Å². The Labute approximate surface area is 157 Å². The van der Waals surface area contributed by atoms with Crippen LogP contribution in [0.4, 0.5) is 5.13 Å². The van der Waals surface area contributed by atoms with Crippen LogP contribution in [0.2, 0.25) is 0 Å². The minimum atomic E-state index is 0.301. The van der Waals surface area contributed by atoms with Gasteiger partial charge in [0.15, 0.2) is 5.13 Å². The molecule has 0 radical (unpaired) electrons. The summed E-state index contributed by atoms with van der Waals surface area (Å²) in [6, 6.07) is 6.40. The van der Waals surface area contributed by atoms with Crippen LogP contribution in [-0.2, 0) is 4.79 Å². The van der Waals surface area contributed by atoms with E-state index in [0.29, 0.717) is 12.5 Å². The van der Waals surface area contributed by atoms with Crippen molar-refractivity contribution in [2.24, 2.45) is 0 Å². The summed E-state index contributed by atoms with van der Waals surface area (Å²) in [5, 5.41) is 1.11. The summed E-state index contributed by atoms with van der Waals surface area (Å²) in [5.74, 6) is 0.301. The first-order valence-electron chi connectivity index (χ1n) is 8.93. The average molecular weight is 377 g/mol. The molecule has 1 aromatic heterocycles. The van der Waals surface area contributed by atoms with E-state index in [1.807, 2.05) is 4.90 Å². The van der Waals surface area contributed by atoms with Gasteiger partial charge in [0.1, 0.15) is 0 Å². The van der Waals surface area contributed by atoms with Crippen LogP contribution in [0.5, 0.6) is 0 Å². The maximum atomic E-state index is 12.3. The standard InChI is InChI=1S/C18H24N4OS2/c1-24-14-5-4-6-15-17(14)19-18(25-15)22-11-9-20(10-12-22)13-16(23)21-7-2-3-8-21/h4-6H,2-3,7-13H2,1H3. The zero-order chi connectivity index (χ0) is 17.2. The summed E-state index contributed by atoms with van der Waals surface area (Å²) in [7, 11) is 0. The fourth-order valence-corrected chi connectivity index (χ4v) is 5.24. The molecule has 0 N–H and O–H groups in total. The summed E-state index contributed by atoms with van der Waals surface area (Å²) in [6.07, 6.45) is 4.42. The molecule has 0 saturated carbocycles. The highest BCUT2D eigenvalue weighted by Crippen LogP contribution is 2.34. The first-order valence-corrected chi connectivity index (χ1v) is 11.0. The van der Waals surface area contributed by atoms with E-state index in [-0.39, 0.29) is 0 Å². The lowest BCUT2D eigenvalue weighted by Crippen LogP contribution is -2.49. The minimum Gasteiger partial charge on any atom is -0.345 e. The highest BCUT2D eigenvalue weighted by atomic mass is 32.2. The number of nitrogens with zero attached hydrogens (tertiary/aromatic N) is 4. The zero-order valence-electron chi connectivity index (χ0n) is 14.6. The van der Waals surface area contributed by atoms with Gasteiger partial charge in [-0.1, -0.05) is 17.4 Å². The van der Waals surface area contributed by atoms with E-state index in [2.05, 4.69) is 34.3 Å². The van der Waals surface area contributed by atoms with Crippen LogP contribution in [0, 0.1) is 0 Å². The van der Waals surface area contributed by atoms with E-state index in [1.165, 1.54) is 9.60 Å². The lowest BCUT2D eigenvalue weighted by atomic mass is 10.3. The molecule has 0 bridgehead atoms. The molecule has 2 aromatic rings. The van der Waals surface area contributed by atoms with Crippen molar-refractivity contribution in [3.05, 3.63) is 18.2 Å². The van der Waals surface area contributed by atoms with Crippen LogP contribution in [-0.4, -0.2) is 72.8 Å². The van der Waals surface area contributed by atoms with E-state index in [1.54, 1.807) is 23.1 Å². The number of amides is 1. The van der Waals surface area contributed by atoms with E-state index in [0.717, 1.165) is 62.8 Å². The Kier molecular flexibility index (Phi) is 5.15. The van der Waals surface area contributed by atoms with Crippen LogP contribution >= 0.6 is 23.1 Å². The van der Waals surface area contributed by atoms with E-state index in [4.69, 9.17) is 4.98 Å². The Balaban J connectivity index is 1.37. The van der Waals surface area contributed by atoms with Gasteiger partial charge in [-0.25, -0.2) is 4.98 Å². The number of carbonyl (C=O) groups excluding carboxylic acids is 1. The average Bonchev–Trinajstić information content (AvgIpc) is 3.31. The molecule has 5 nitrogen and oxygen atoms in total. The summed E-state index contributed by atoms with van der Waals surface area (Å²) in [6.45, 7) is 6.23. The van der Waals surface area contributed by atoms with Crippen molar-refractivity contribution in [3.63, 3.8) is 0 Å². The molecule has 2 aliphatic heterocycles. The molecule has 0 atom stereocenters. The minimum absolute atomic E-state index is 0.301. The quantitative estimate of drug-likeness (QED) is 0.768. The molecule has 1 aromatic carbocycles. The number of hydrogen-bond acceptors (Lipinski definition) is 6. The fraction of sp³-hybridized carbons (Fsp3) is 0.556. The normalized spacial score (nSPS) is 19.1. The molecule has 0 unspecified atom stereocenters. The Bertz CT molecular complexity index is 749. The summed E-state index contributed by atoms with van der Waals surface area (Å²) < 4.78 is 1.26. The monoisotopic (exact) mass is 376 g/mol. The molecule has 2 saturated heterocycles. The fourth-order valence-electron chi connectivity index (χ4n) is 3.57. The van der Waals surface area contributed by atoms with Gasteiger partial charge in [0.25, 0.3) is 0 Å². The maximum Gasteiger partial charge on any atom is 0.236 e. The Hall–Kier alpha value is -1.31. The summed E-state index contributed by atoms with van der Waals surface area (Å²) in [4.78, 5) is 25.1. The van der Waals surface area contributed by atoms with Crippen LogP contribution in [0.25, 0.3) is 10.2 Å². The number of anilines is 1. The lowest BCUT2D eigenvalue weighted by molar-refractivity contribution is -0.131. The highest BCUT2D eigenvalue weighted by molar-refractivity contribution is 7.98. The van der Waals surface area contributed by atoms with Gasteiger partial charge in [0, 0.05) is 44.2 Å². The van der Waals surface area contributed by atoms with Gasteiger partial charge >= 0.3 is 0 Å². The molecule has 3 heterocycles. The van der Waals surface area contributed by atoms with Crippen LogP contribution in [0.1, 0.15) is 12.8 Å². The van der Waals surface area contributed by atoms with Crippen LogP contribution in [0.3, 0.4) is 0 Å². The van der Waals surface area contributed by atoms with Gasteiger partial charge in [-0.05, 0) is 31.2 Å². The van der Waals surface area contributed by atoms with Crippen molar-refractivity contribution in [2.45, 2.75) is 17.7 Å². The van der Waals surface area contributed by atoms with Crippen LogP contribution in [0.15, 0.2) is 23.1 Å². The number of carbonyl (C=O) groups is 1. The SMILES string of the molecule is CSc1cccc2sc(N3CCN(CC(=O)N4CCCC4)CC3)nc12. The Morgan fingerprint density at radius 1 is 1.16 bits per heavy atom. The van der Waals surface area contributed by atoms with Gasteiger partial charge < -0.3 is 9.80 Å². The van der Waals surface area contributed by atoms with Gasteiger partial charge in [-0.2, -0.15) is 0 Å². The molecule has 0 spiro atoms. The van der Waals surface area contributed by atoms with Gasteiger partial charge in [-0.3, -0.25) is 9.69 Å². The molecular formula is C18H24N4OS2. The van der Waals surface area contributed by atoms with Crippen molar-refractivity contribution < 1.29 is 4.79 Å². The summed E-state index contributed by atoms with van der Waals surface area (Å²) in [5.41, 5.74) is 1.13. The predicted octanol–water partition coefficient (Wildman–Crippen LogP) is 2.76. The molecule has 2 fully saturated rings. The van der Waals surface area contributed by atoms with Crippen molar-refractivity contribution in [2.75, 3.05) is 57.0 Å². The van der Waals surface area contributed by atoms with E-state index >= 15 is 0 Å². The highest BCUT2D eigenvalue weighted by Gasteiger charge is 2.24. The third-order valence-corrected chi connectivity index (χ3v) is 6.90. The number of thiazole rings is 1. The predicted molar refractivity (Wildman–Crippen MR) is 106 cm³/mol. The lowest BCUT2D eigenvalue weighted by Gasteiger charge is -2.34. The van der Waals surface area contributed by atoms with Gasteiger partial charge in [0.2, 0.25) is 5.91 Å². The Morgan fingerprint density at radius 3 is 2.64 bits per heavy atom. The maximum absolute atomic E-state index is 12.3. The van der Waals surface area contributed by atoms with Gasteiger partial charge in [0.05, 0.1) is 16.8 Å². The second-order valence-electron chi connectivity index (χ2n) is 6.65. The smallest absolute Gasteiger partial charge is 0.236 e. The second kappa shape index (κ2) is 7.51. The number of rotatable bonds is 4. The van der Waals surface area contributed by atoms with Crippen molar-refractivity contribution in [1.82, 2.24) is 14.8 Å². The zero-order valence-corrected chi connectivity index (χ0v) is 16.2. The number of para-hydroxylation sites is 1. The number of likely N-dealkylation sites (tertiary alicyclic amines) is 1. The second-order valence-corrected chi connectivity index (χ2v) is 8.51. The molecule has 2 aliphatic rings. The van der Waals surface area contributed by atoms with Crippen molar-refractivity contribution in [3.8, 4) is 0 Å². The molecular weight excluding hydrogens is 352 g/mol. The number of fused-ring (bicyclic) bond motifs is 1.